The number of aryl methyl sites for hydroxylation is 1. The predicted octanol–water partition coefficient (Wildman–Crippen LogP) is 3.09. The number of aromatic nitrogens is 1. The number of benzene rings is 1. The molecule has 5 N–H and O–H groups in total. The van der Waals surface area contributed by atoms with Crippen molar-refractivity contribution >= 4 is 34.6 Å². The Hall–Kier alpha value is -2.01. The van der Waals surface area contributed by atoms with Gasteiger partial charge in [-0.15, -0.1) is 0 Å². The van der Waals surface area contributed by atoms with E-state index in [-0.39, 0.29) is 16.7 Å². The van der Waals surface area contributed by atoms with Gasteiger partial charge in [0.05, 0.1) is 16.4 Å². The van der Waals surface area contributed by atoms with Crippen LogP contribution in [0.1, 0.15) is 5.56 Å². The molecule has 6 heteroatoms. The van der Waals surface area contributed by atoms with Crippen LogP contribution in [0.2, 0.25) is 5.02 Å². The van der Waals surface area contributed by atoms with Crippen LogP contribution in [0.3, 0.4) is 0 Å². The number of nitrogens with two attached hydrogens (primary N) is 2. The van der Waals surface area contributed by atoms with E-state index < -0.39 is 0 Å². The van der Waals surface area contributed by atoms with Crippen molar-refractivity contribution in [1.29, 1.82) is 0 Å². The Morgan fingerprint density at radius 3 is 2.67 bits per heavy atom. The Labute approximate surface area is 109 Å². The molecule has 0 spiro atoms. The molecular weight excluding hydrogens is 255 g/mol. The van der Waals surface area contributed by atoms with Crippen LogP contribution >= 0.6 is 11.6 Å². The summed E-state index contributed by atoms with van der Waals surface area (Å²) in [5, 5.41) is 3.24. The molecule has 1 aromatic heterocycles. The molecule has 0 fully saturated rings. The van der Waals surface area contributed by atoms with Gasteiger partial charge >= 0.3 is 0 Å². The van der Waals surface area contributed by atoms with E-state index in [1.807, 2.05) is 0 Å². The fraction of sp³-hybridized carbons (Fsp3) is 0.0833. The summed E-state index contributed by atoms with van der Waals surface area (Å²) < 4.78 is 13.3. The molecule has 0 saturated carbocycles. The Kier molecular flexibility index (Phi) is 3.25. The number of hydrogen-bond donors (Lipinski definition) is 3. The Morgan fingerprint density at radius 1 is 1.28 bits per heavy atom. The van der Waals surface area contributed by atoms with Crippen LogP contribution in [0, 0.1) is 12.7 Å². The zero-order valence-corrected chi connectivity index (χ0v) is 10.4. The molecule has 0 aliphatic heterocycles. The highest BCUT2D eigenvalue weighted by Gasteiger charge is 2.07. The van der Waals surface area contributed by atoms with E-state index in [9.17, 15) is 4.39 Å². The molecule has 1 aromatic carbocycles. The van der Waals surface area contributed by atoms with Crippen molar-refractivity contribution in [3.05, 3.63) is 40.7 Å². The summed E-state index contributed by atoms with van der Waals surface area (Å²) in [4.78, 5) is 4.05. The van der Waals surface area contributed by atoms with Gasteiger partial charge in [-0.1, -0.05) is 11.6 Å². The van der Waals surface area contributed by atoms with E-state index in [4.69, 9.17) is 23.1 Å². The number of nitrogen functional groups attached to an aromatic ring is 2. The summed E-state index contributed by atoms with van der Waals surface area (Å²) in [6.45, 7) is 1.65. The molecule has 2 rings (SSSR count). The molecule has 4 nitrogen and oxygen atoms in total. The van der Waals surface area contributed by atoms with Gasteiger partial charge in [0.15, 0.2) is 0 Å². The fourth-order valence-corrected chi connectivity index (χ4v) is 1.64. The largest absolute Gasteiger partial charge is 0.396 e. The maximum atomic E-state index is 13.3. The van der Waals surface area contributed by atoms with Gasteiger partial charge in [0.2, 0.25) is 0 Å². The van der Waals surface area contributed by atoms with Crippen molar-refractivity contribution in [2.75, 3.05) is 16.8 Å². The van der Waals surface area contributed by atoms with Gasteiger partial charge in [0, 0.05) is 0 Å². The standard InChI is InChI=1S/C12H12ClFN4/c1-6-4-10(7(13)5-8(6)14)17-11-3-2-9(15)12(16)18-11/h2-5H,15H2,1H3,(H3,16,17,18). The first-order valence-corrected chi connectivity index (χ1v) is 5.60. The molecule has 2 aromatic rings. The van der Waals surface area contributed by atoms with Gasteiger partial charge < -0.3 is 16.8 Å². The Bertz CT molecular complexity index is 601. The third-order valence-corrected chi connectivity index (χ3v) is 2.78. The molecule has 0 bridgehead atoms. The summed E-state index contributed by atoms with van der Waals surface area (Å²) >= 11 is 5.94. The summed E-state index contributed by atoms with van der Waals surface area (Å²) in [6.07, 6.45) is 0. The maximum absolute atomic E-state index is 13.3. The van der Waals surface area contributed by atoms with E-state index in [1.165, 1.54) is 6.07 Å². The summed E-state index contributed by atoms with van der Waals surface area (Å²) in [5.74, 6) is 0.375. The molecule has 0 radical (unpaired) electrons. The second kappa shape index (κ2) is 4.70. The third-order valence-electron chi connectivity index (χ3n) is 2.47. The molecule has 0 saturated heterocycles. The van der Waals surface area contributed by atoms with Gasteiger partial charge in [-0.2, -0.15) is 0 Å². The van der Waals surface area contributed by atoms with Crippen LogP contribution < -0.4 is 16.8 Å². The van der Waals surface area contributed by atoms with E-state index in [2.05, 4.69) is 10.3 Å². The molecule has 0 atom stereocenters. The second-order valence-electron chi connectivity index (χ2n) is 3.88. The van der Waals surface area contributed by atoms with Crippen molar-refractivity contribution in [2.24, 2.45) is 0 Å². The number of nitrogens with one attached hydrogen (secondary N) is 1. The van der Waals surface area contributed by atoms with E-state index >= 15 is 0 Å². The lowest BCUT2D eigenvalue weighted by Gasteiger charge is -2.10. The van der Waals surface area contributed by atoms with Gasteiger partial charge in [-0.25, -0.2) is 9.37 Å². The van der Waals surface area contributed by atoms with Crippen LogP contribution in [0.25, 0.3) is 0 Å². The number of rotatable bonds is 2. The topological polar surface area (TPSA) is 77.0 Å². The van der Waals surface area contributed by atoms with E-state index in [1.54, 1.807) is 25.1 Å². The Balaban J connectivity index is 2.34. The molecule has 94 valence electrons. The van der Waals surface area contributed by atoms with Crippen molar-refractivity contribution in [1.82, 2.24) is 4.98 Å². The number of halogens is 2. The molecule has 0 aliphatic carbocycles. The summed E-state index contributed by atoms with van der Waals surface area (Å²) in [6, 6.07) is 6.15. The predicted molar refractivity (Wildman–Crippen MR) is 72.5 cm³/mol. The molecule has 0 aliphatic rings. The lowest BCUT2D eigenvalue weighted by atomic mass is 10.2. The zero-order valence-electron chi connectivity index (χ0n) is 9.67. The SMILES string of the molecule is Cc1cc(Nc2ccc(N)c(N)n2)c(Cl)cc1F. The lowest BCUT2D eigenvalue weighted by molar-refractivity contribution is 0.619. The highest BCUT2D eigenvalue weighted by molar-refractivity contribution is 6.33. The van der Waals surface area contributed by atoms with Crippen molar-refractivity contribution in [3.8, 4) is 0 Å². The smallest absolute Gasteiger partial charge is 0.149 e. The molecule has 0 amide bonds. The number of pyridine rings is 1. The van der Waals surface area contributed by atoms with Crippen molar-refractivity contribution in [2.45, 2.75) is 6.92 Å². The fourth-order valence-electron chi connectivity index (χ4n) is 1.45. The van der Waals surface area contributed by atoms with Gasteiger partial charge in [-0.05, 0) is 36.8 Å². The average molecular weight is 267 g/mol. The highest BCUT2D eigenvalue weighted by atomic mass is 35.5. The van der Waals surface area contributed by atoms with Crippen LogP contribution in [0.4, 0.5) is 27.4 Å². The Morgan fingerprint density at radius 2 is 2.00 bits per heavy atom. The van der Waals surface area contributed by atoms with Crippen molar-refractivity contribution < 1.29 is 4.39 Å². The van der Waals surface area contributed by atoms with Gasteiger partial charge in [0.1, 0.15) is 17.5 Å². The van der Waals surface area contributed by atoms with Crippen LogP contribution in [-0.2, 0) is 0 Å². The first kappa shape index (κ1) is 12.4. The number of anilines is 4. The quantitative estimate of drug-likeness (QED) is 0.781. The molecule has 0 unspecified atom stereocenters. The van der Waals surface area contributed by atoms with Gasteiger partial charge in [0.25, 0.3) is 0 Å². The molecule has 1 heterocycles. The summed E-state index contributed by atoms with van der Waals surface area (Å²) in [7, 11) is 0. The van der Waals surface area contributed by atoms with E-state index in [0.29, 0.717) is 22.8 Å². The maximum Gasteiger partial charge on any atom is 0.149 e. The molecular formula is C12H12ClFN4. The van der Waals surface area contributed by atoms with Crippen LogP contribution in [0.15, 0.2) is 24.3 Å². The third kappa shape index (κ3) is 2.46. The molecule has 18 heavy (non-hydrogen) atoms. The lowest BCUT2D eigenvalue weighted by Crippen LogP contribution is -2.01. The number of nitrogens with zero attached hydrogens (tertiary/aromatic N) is 1. The highest BCUT2D eigenvalue weighted by Crippen LogP contribution is 2.28. The summed E-state index contributed by atoms with van der Waals surface area (Å²) in [5.41, 5.74) is 12.6. The zero-order chi connectivity index (χ0) is 13.3. The second-order valence-corrected chi connectivity index (χ2v) is 4.28. The minimum Gasteiger partial charge on any atom is -0.396 e. The number of hydrogen-bond acceptors (Lipinski definition) is 4. The minimum atomic E-state index is -0.352. The normalized spacial score (nSPS) is 10.4. The monoisotopic (exact) mass is 266 g/mol. The van der Waals surface area contributed by atoms with Crippen LogP contribution in [0.5, 0.6) is 0 Å². The average Bonchev–Trinajstić information content (AvgIpc) is 2.31. The first-order chi connectivity index (χ1) is 8.47. The van der Waals surface area contributed by atoms with E-state index in [0.717, 1.165) is 0 Å². The van der Waals surface area contributed by atoms with Gasteiger partial charge in [-0.3, -0.25) is 0 Å². The first-order valence-electron chi connectivity index (χ1n) is 5.22. The van der Waals surface area contributed by atoms with Crippen molar-refractivity contribution in [3.63, 3.8) is 0 Å². The minimum absolute atomic E-state index is 0.231. The van der Waals surface area contributed by atoms with Crippen LogP contribution in [-0.4, -0.2) is 4.98 Å².